The van der Waals surface area contributed by atoms with Crippen LogP contribution in [-0.4, -0.2) is 48.2 Å². The molecule has 2 aromatic rings. The highest BCUT2D eigenvalue weighted by atomic mass is 16.5. The summed E-state index contributed by atoms with van der Waals surface area (Å²) in [6.45, 7) is 2.62. The molecule has 0 saturated carbocycles. The number of carboxylic acids is 1. The van der Waals surface area contributed by atoms with Gasteiger partial charge in [-0.1, -0.05) is 30.3 Å². The summed E-state index contributed by atoms with van der Waals surface area (Å²) in [5, 5.41) is 9.37. The minimum absolute atomic E-state index is 0.221. The summed E-state index contributed by atoms with van der Waals surface area (Å²) in [4.78, 5) is 25.7. The Kier molecular flexibility index (Phi) is 7.17. The number of carbonyl (C=O) groups is 2. The van der Waals surface area contributed by atoms with Crippen LogP contribution in [0.5, 0.6) is 5.75 Å². The summed E-state index contributed by atoms with van der Waals surface area (Å²) in [6, 6.07) is 15.0. The smallest absolute Gasteiger partial charge is 0.326 e. The zero-order valence-corrected chi connectivity index (χ0v) is 14.9. The van der Waals surface area contributed by atoms with Crippen molar-refractivity contribution in [3.8, 4) is 5.75 Å². The number of rotatable bonds is 9. The molecule has 1 unspecified atom stereocenters. The molecule has 0 spiro atoms. The SMILES string of the molecule is COCCOc1ccc(C(=O)N(Cc2ccccc2)C(C)C(=O)O)cc1. The molecule has 1 amide bonds. The molecule has 6 nitrogen and oxygen atoms in total. The van der Waals surface area contributed by atoms with E-state index in [4.69, 9.17) is 9.47 Å². The van der Waals surface area contributed by atoms with Gasteiger partial charge in [0.2, 0.25) is 0 Å². The van der Waals surface area contributed by atoms with Crippen molar-refractivity contribution in [2.45, 2.75) is 19.5 Å². The Balaban J connectivity index is 2.16. The van der Waals surface area contributed by atoms with Crippen molar-refractivity contribution in [3.05, 3.63) is 65.7 Å². The van der Waals surface area contributed by atoms with Gasteiger partial charge in [-0.05, 0) is 36.8 Å². The Morgan fingerprint density at radius 2 is 1.69 bits per heavy atom. The molecule has 2 rings (SSSR count). The van der Waals surface area contributed by atoms with Crippen LogP contribution >= 0.6 is 0 Å². The van der Waals surface area contributed by atoms with Crippen LogP contribution in [-0.2, 0) is 16.1 Å². The molecule has 0 saturated heterocycles. The third kappa shape index (κ3) is 5.32. The lowest BCUT2D eigenvalue weighted by Gasteiger charge is -2.27. The van der Waals surface area contributed by atoms with E-state index >= 15 is 0 Å². The number of nitrogens with zero attached hydrogens (tertiary/aromatic N) is 1. The minimum Gasteiger partial charge on any atom is -0.491 e. The maximum Gasteiger partial charge on any atom is 0.326 e. The van der Waals surface area contributed by atoms with Crippen molar-refractivity contribution in [2.75, 3.05) is 20.3 Å². The quantitative estimate of drug-likeness (QED) is 0.699. The van der Waals surface area contributed by atoms with Crippen LogP contribution in [0.25, 0.3) is 0 Å². The monoisotopic (exact) mass is 357 g/mol. The molecule has 26 heavy (non-hydrogen) atoms. The van der Waals surface area contributed by atoms with E-state index in [0.717, 1.165) is 5.56 Å². The number of carbonyl (C=O) groups excluding carboxylic acids is 1. The highest BCUT2D eigenvalue weighted by Gasteiger charge is 2.26. The molecule has 2 aromatic carbocycles. The fourth-order valence-electron chi connectivity index (χ4n) is 2.40. The van der Waals surface area contributed by atoms with E-state index in [1.165, 1.54) is 11.8 Å². The molecule has 0 bridgehead atoms. The molecule has 0 aliphatic heterocycles. The number of methoxy groups -OCH3 is 1. The van der Waals surface area contributed by atoms with Crippen LogP contribution < -0.4 is 4.74 Å². The van der Waals surface area contributed by atoms with Gasteiger partial charge >= 0.3 is 5.97 Å². The molecule has 6 heteroatoms. The van der Waals surface area contributed by atoms with Gasteiger partial charge in [-0.25, -0.2) is 4.79 Å². The minimum atomic E-state index is -1.05. The molecule has 0 fully saturated rings. The van der Waals surface area contributed by atoms with E-state index in [0.29, 0.717) is 24.5 Å². The molecule has 1 atom stereocenters. The van der Waals surface area contributed by atoms with Crippen LogP contribution in [0.4, 0.5) is 0 Å². The number of ether oxygens (including phenoxy) is 2. The number of hydrogen-bond donors (Lipinski definition) is 1. The lowest BCUT2D eigenvalue weighted by molar-refractivity contribution is -0.141. The summed E-state index contributed by atoms with van der Waals surface area (Å²) in [5.41, 5.74) is 1.28. The highest BCUT2D eigenvalue weighted by Crippen LogP contribution is 2.17. The first-order valence-electron chi connectivity index (χ1n) is 8.32. The third-order valence-corrected chi connectivity index (χ3v) is 3.94. The molecule has 0 aliphatic rings. The predicted octanol–water partition coefficient (Wildman–Crippen LogP) is 2.83. The second kappa shape index (κ2) is 9.58. The zero-order valence-electron chi connectivity index (χ0n) is 14.9. The molecule has 0 aliphatic carbocycles. The fraction of sp³-hybridized carbons (Fsp3) is 0.300. The Bertz CT molecular complexity index is 715. The summed E-state index contributed by atoms with van der Waals surface area (Å²) >= 11 is 0. The zero-order chi connectivity index (χ0) is 18.9. The van der Waals surface area contributed by atoms with E-state index in [1.54, 1.807) is 31.4 Å². The van der Waals surface area contributed by atoms with Gasteiger partial charge in [0.05, 0.1) is 6.61 Å². The molecule has 0 radical (unpaired) electrons. The fourth-order valence-corrected chi connectivity index (χ4v) is 2.40. The van der Waals surface area contributed by atoms with Crippen LogP contribution in [0.3, 0.4) is 0 Å². The van der Waals surface area contributed by atoms with E-state index < -0.39 is 12.0 Å². The molecular weight excluding hydrogens is 334 g/mol. The predicted molar refractivity (Wildman–Crippen MR) is 97.2 cm³/mol. The summed E-state index contributed by atoms with van der Waals surface area (Å²) in [7, 11) is 1.59. The Morgan fingerprint density at radius 3 is 2.27 bits per heavy atom. The Labute approximate surface area is 153 Å². The lowest BCUT2D eigenvalue weighted by Crippen LogP contribution is -2.42. The second-order valence-electron chi connectivity index (χ2n) is 5.80. The van der Waals surface area contributed by atoms with Crippen LogP contribution in [0, 0.1) is 0 Å². The number of carboxylic acid groups (broad SMARTS) is 1. The van der Waals surface area contributed by atoms with E-state index in [1.807, 2.05) is 30.3 Å². The van der Waals surface area contributed by atoms with Crippen LogP contribution in [0.1, 0.15) is 22.8 Å². The molecular formula is C20H23NO5. The average molecular weight is 357 g/mol. The molecule has 0 aromatic heterocycles. The van der Waals surface area contributed by atoms with Crippen molar-refractivity contribution in [3.63, 3.8) is 0 Å². The highest BCUT2D eigenvalue weighted by molar-refractivity contribution is 5.96. The largest absolute Gasteiger partial charge is 0.491 e. The van der Waals surface area contributed by atoms with E-state index in [9.17, 15) is 14.7 Å². The molecule has 1 N–H and O–H groups in total. The van der Waals surface area contributed by atoms with Gasteiger partial charge in [0.25, 0.3) is 5.91 Å². The first-order chi connectivity index (χ1) is 12.5. The molecule has 0 heterocycles. The third-order valence-electron chi connectivity index (χ3n) is 3.94. The number of benzene rings is 2. The van der Waals surface area contributed by atoms with Crippen molar-refractivity contribution in [2.24, 2.45) is 0 Å². The van der Waals surface area contributed by atoms with Gasteiger partial charge in [0.1, 0.15) is 18.4 Å². The molecule has 138 valence electrons. The van der Waals surface area contributed by atoms with Gasteiger partial charge in [-0.3, -0.25) is 4.79 Å². The van der Waals surface area contributed by atoms with E-state index in [2.05, 4.69) is 0 Å². The van der Waals surface area contributed by atoms with Crippen molar-refractivity contribution in [1.82, 2.24) is 4.90 Å². The van der Waals surface area contributed by atoms with Gasteiger partial charge in [0.15, 0.2) is 0 Å². The van der Waals surface area contributed by atoms with Crippen molar-refractivity contribution in [1.29, 1.82) is 0 Å². The summed E-state index contributed by atoms with van der Waals surface area (Å²) in [6.07, 6.45) is 0. The second-order valence-corrected chi connectivity index (χ2v) is 5.80. The first kappa shape index (κ1) is 19.5. The lowest BCUT2D eigenvalue weighted by atomic mass is 10.1. The number of aliphatic carboxylic acids is 1. The van der Waals surface area contributed by atoms with Gasteiger partial charge in [-0.2, -0.15) is 0 Å². The van der Waals surface area contributed by atoms with E-state index in [-0.39, 0.29) is 12.5 Å². The first-order valence-corrected chi connectivity index (χ1v) is 8.32. The van der Waals surface area contributed by atoms with Crippen LogP contribution in [0.15, 0.2) is 54.6 Å². The normalized spacial score (nSPS) is 11.6. The standard InChI is InChI=1S/C20H23NO5/c1-15(20(23)24)21(14-16-6-4-3-5-7-16)19(22)17-8-10-18(11-9-17)26-13-12-25-2/h3-11,15H,12-14H2,1-2H3,(H,23,24). The summed E-state index contributed by atoms with van der Waals surface area (Å²) < 4.78 is 10.4. The summed E-state index contributed by atoms with van der Waals surface area (Å²) in [5.74, 6) is -0.763. The topological polar surface area (TPSA) is 76.1 Å². The van der Waals surface area contributed by atoms with Crippen molar-refractivity contribution >= 4 is 11.9 Å². The maximum absolute atomic E-state index is 12.9. The Morgan fingerprint density at radius 1 is 1.04 bits per heavy atom. The van der Waals surface area contributed by atoms with Gasteiger partial charge < -0.3 is 19.5 Å². The number of amides is 1. The average Bonchev–Trinajstić information content (AvgIpc) is 2.66. The van der Waals surface area contributed by atoms with Crippen molar-refractivity contribution < 1.29 is 24.2 Å². The van der Waals surface area contributed by atoms with Gasteiger partial charge in [0, 0.05) is 19.2 Å². The Hall–Kier alpha value is -2.86. The number of hydrogen-bond acceptors (Lipinski definition) is 4. The van der Waals surface area contributed by atoms with Gasteiger partial charge in [-0.15, -0.1) is 0 Å². The maximum atomic E-state index is 12.9. The van der Waals surface area contributed by atoms with Crippen LogP contribution in [0.2, 0.25) is 0 Å².